The molecule has 0 fully saturated rings. The lowest BCUT2D eigenvalue weighted by molar-refractivity contribution is -0.389. The molecule has 0 aliphatic rings. The molecule has 17 heavy (non-hydrogen) atoms. The number of rotatable bonds is 5. The fourth-order valence-electron chi connectivity index (χ4n) is 1.51. The summed E-state index contributed by atoms with van der Waals surface area (Å²) in [5.41, 5.74) is 6.51. The van der Waals surface area contributed by atoms with E-state index < -0.39 is 4.92 Å². The van der Waals surface area contributed by atoms with Crippen LogP contribution in [0.15, 0.2) is 18.3 Å². The van der Waals surface area contributed by atoms with Gasteiger partial charge < -0.3 is 20.7 Å². The first-order valence-electron chi connectivity index (χ1n) is 5.37. The average molecular weight is 238 g/mol. The highest BCUT2D eigenvalue weighted by Gasteiger charge is 2.19. The van der Waals surface area contributed by atoms with Crippen molar-refractivity contribution in [1.29, 1.82) is 0 Å². The van der Waals surface area contributed by atoms with Crippen LogP contribution in [0.3, 0.4) is 0 Å². The van der Waals surface area contributed by atoms with Crippen molar-refractivity contribution in [3.63, 3.8) is 0 Å². The van der Waals surface area contributed by atoms with Gasteiger partial charge in [-0.15, -0.1) is 0 Å². The topological polar surface area (TPSA) is 85.3 Å². The Bertz CT molecular complexity index is 389. The van der Waals surface area contributed by atoms with E-state index in [0.29, 0.717) is 6.54 Å². The second-order valence-corrected chi connectivity index (χ2v) is 4.86. The first-order valence-corrected chi connectivity index (χ1v) is 5.37. The van der Waals surface area contributed by atoms with E-state index in [9.17, 15) is 10.1 Å². The van der Waals surface area contributed by atoms with Gasteiger partial charge in [-0.3, -0.25) is 0 Å². The van der Waals surface area contributed by atoms with Gasteiger partial charge in [-0.25, -0.2) is 0 Å². The molecular formula is C11H18N4O2. The van der Waals surface area contributed by atoms with Crippen molar-refractivity contribution in [2.24, 2.45) is 11.1 Å². The zero-order chi connectivity index (χ0) is 13.1. The number of nitrogens with two attached hydrogens (primary N) is 1. The van der Waals surface area contributed by atoms with Crippen LogP contribution in [0.2, 0.25) is 0 Å². The highest BCUT2D eigenvalue weighted by atomic mass is 16.6. The van der Waals surface area contributed by atoms with Crippen LogP contribution < -0.4 is 10.6 Å². The summed E-state index contributed by atoms with van der Waals surface area (Å²) in [6.45, 7) is 5.49. The van der Waals surface area contributed by atoms with Gasteiger partial charge in [0.1, 0.15) is 0 Å². The summed E-state index contributed by atoms with van der Waals surface area (Å²) in [5, 5.41) is 10.5. The van der Waals surface area contributed by atoms with Gasteiger partial charge in [0.25, 0.3) is 0 Å². The summed E-state index contributed by atoms with van der Waals surface area (Å²) in [6.07, 6.45) is 1.50. The summed E-state index contributed by atoms with van der Waals surface area (Å²) in [5.74, 6) is -0.139. The van der Waals surface area contributed by atoms with Crippen LogP contribution in [0.1, 0.15) is 13.8 Å². The third kappa shape index (κ3) is 3.67. The largest absolute Gasteiger partial charge is 0.371 e. The lowest BCUT2D eigenvalue weighted by Gasteiger charge is -2.29. The van der Waals surface area contributed by atoms with Crippen LogP contribution >= 0.6 is 0 Å². The zero-order valence-corrected chi connectivity index (χ0v) is 10.4. The molecule has 1 heterocycles. The Labute approximate surface area is 101 Å². The highest BCUT2D eigenvalue weighted by Crippen LogP contribution is 2.20. The Morgan fingerprint density at radius 1 is 1.53 bits per heavy atom. The molecule has 0 spiro atoms. The van der Waals surface area contributed by atoms with Crippen molar-refractivity contribution in [3.05, 3.63) is 28.4 Å². The SMILES string of the molecule is CN(CC(C)(C)CN)c1ccc([N+](=O)[O-])nc1. The molecule has 0 aliphatic heterocycles. The van der Waals surface area contributed by atoms with Gasteiger partial charge in [0.05, 0.1) is 5.69 Å². The second kappa shape index (κ2) is 5.09. The maximum Gasteiger partial charge on any atom is 0.363 e. The smallest absolute Gasteiger partial charge is 0.363 e. The van der Waals surface area contributed by atoms with Crippen molar-refractivity contribution in [3.8, 4) is 0 Å². The molecule has 6 nitrogen and oxygen atoms in total. The Kier molecular flexibility index (Phi) is 4.01. The van der Waals surface area contributed by atoms with Crippen LogP contribution in [-0.2, 0) is 0 Å². The summed E-state index contributed by atoms with van der Waals surface area (Å²) in [4.78, 5) is 15.7. The Balaban J connectivity index is 2.76. The first kappa shape index (κ1) is 13.4. The van der Waals surface area contributed by atoms with E-state index in [0.717, 1.165) is 12.2 Å². The minimum atomic E-state index is -0.506. The molecule has 1 aromatic heterocycles. The van der Waals surface area contributed by atoms with Gasteiger partial charge in [-0.05, 0) is 27.9 Å². The molecule has 2 N–H and O–H groups in total. The summed E-state index contributed by atoms with van der Waals surface area (Å²) < 4.78 is 0. The van der Waals surface area contributed by atoms with Crippen LogP contribution in [0.5, 0.6) is 0 Å². The van der Waals surface area contributed by atoms with E-state index in [2.05, 4.69) is 18.8 Å². The standard InChI is InChI=1S/C11H18N4O2/c1-11(2,7-12)8-14(3)9-4-5-10(13-6-9)15(16)17/h4-6H,7-8,12H2,1-3H3. The minimum Gasteiger partial charge on any atom is -0.371 e. The Morgan fingerprint density at radius 2 is 2.18 bits per heavy atom. The number of pyridine rings is 1. The maximum absolute atomic E-state index is 10.5. The molecule has 0 saturated heterocycles. The summed E-state index contributed by atoms with van der Waals surface area (Å²) in [7, 11) is 1.92. The normalized spacial score (nSPS) is 11.3. The fraction of sp³-hybridized carbons (Fsp3) is 0.545. The van der Waals surface area contributed by atoms with Gasteiger partial charge in [0, 0.05) is 19.7 Å². The van der Waals surface area contributed by atoms with E-state index in [1.54, 1.807) is 6.07 Å². The number of hydrogen-bond acceptors (Lipinski definition) is 5. The Hall–Kier alpha value is -1.69. The molecule has 94 valence electrons. The lowest BCUT2D eigenvalue weighted by Crippen LogP contribution is -2.36. The zero-order valence-electron chi connectivity index (χ0n) is 10.4. The van der Waals surface area contributed by atoms with Gasteiger partial charge in [-0.1, -0.05) is 13.8 Å². The molecule has 0 unspecified atom stereocenters. The maximum atomic E-state index is 10.5. The van der Waals surface area contributed by atoms with Crippen molar-refractivity contribution >= 4 is 11.5 Å². The molecule has 0 bridgehead atoms. The molecule has 0 saturated carbocycles. The number of nitro groups is 1. The molecule has 0 radical (unpaired) electrons. The van der Waals surface area contributed by atoms with Crippen LogP contribution in [0.25, 0.3) is 0 Å². The molecule has 6 heteroatoms. The molecule has 0 aromatic carbocycles. The summed E-state index contributed by atoms with van der Waals surface area (Å²) >= 11 is 0. The summed E-state index contributed by atoms with van der Waals surface area (Å²) in [6, 6.07) is 3.10. The third-order valence-corrected chi connectivity index (χ3v) is 2.58. The van der Waals surface area contributed by atoms with E-state index in [1.807, 2.05) is 11.9 Å². The lowest BCUT2D eigenvalue weighted by atomic mass is 9.93. The van der Waals surface area contributed by atoms with Crippen LogP contribution in [-0.4, -0.2) is 30.0 Å². The second-order valence-electron chi connectivity index (χ2n) is 4.86. The number of nitrogens with zero attached hydrogens (tertiary/aromatic N) is 3. The van der Waals surface area contributed by atoms with Crippen molar-refractivity contribution in [1.82, 2.24) is 4.98 Å². The number of anilines is 1. The van der Waals surface area contributed by atoms with Gasteiger partial charge in [-0.2, -0.15) is 0 Å². The fourth-order valence-corrected chi connectivity index (χ4v) is 1.51. The molecule has 1 aromatic rings. The first-order chi connectivity index (χ1) is 7.85. The highest BCUT2D eigenvalue weighted by molar-refractivity contribution is 5.45. The molecule has 0 amide bonds. The Morgan fingerprint density at radius 3 is 2.59 bits per heavy atom. The number of hydrogen-bond donors (Lipinski definition) is 1. The number of aromatic nitrogens is 1. The predicted molar refractivity (Wildman–Crippen MR) is 67.0 cm³/mol. The van der Waals surface area contributed by atoms with Crippen molar-refractivity contribution in [2.75, 3.05) is 25.0 Å². The van der Waals surface area contributed by atoms with Crippen molar-refractivity contribution < 1.29 is 4.92 Å². The van der Waals surface area contributed by atoms with Gasteiger partial charge in [0.2, 0.25) is 0 Å². The van der Waals surface area contributed by atoms with E-state index in [4.69, 9.17) is 5.73 Å². The minimum absolute atomic E-state index is 0.00345. The van der Waals surface area contributed by atoms with Gasteiger partial charge >= 0.3 is 5.82 Å². The molecule has 0 aliphatic carbocycles. The molecule has 1 rings (SSSR count). The molecular weight excluding hydrogens is 220 g/mol. The average Bonchev–Trinajstić information content (AvgIpc) is 2.28. The predicted octanol–water partition coefficient (Wildman–Crippen LogP) is 1.41. The van der Waals surface area contributed by atoms with Crippen LogP contribution in [0, 0.1) is 15.5 Å². The monoisotopic (exact) mass is 238 g/mol. The van der Waals surface area contributed by atoms with E-state index >= 15 is 0 Å². The third-order valence-electron chi connectivity index (χ3n) is 2.58. The van der Waals surface area contributed by atoms with E-state index in [-0.39, 0.29) is 11.2 Å². The van der Waals surface area contributed by atoms with Gasteiger partial charge in [0.15, 0.2) is 6.20 Å². The van der Waals surface area contributed by atoms with E-state index in [1.165, 1.54) is 12.3 Å². The van der Waals surface area contributed by atoms with Crippen molar-refractivity contribution in [2.45, 2.75) is 13.8 Å². The van der Waals surface area contributed by atoms with Crippen LogP contribution in [0.4, 0.5) is 11.5 Å². The molecule has 0 atom stereocenters. The quantitative estimate of drug-likeness (QED) is 0.619.